The Hall–Kier alpha value is -1.24. The van der Waals surface area contributed by atoms with Crippen molar-refractivity contribution in [1.29, 1.82) is 0 Å². The van der Waals surface area contributed by atoms with Gasteiger partial charge in [-0.05, 0) is 25.2 Å². The summed E-state index contributed by atoms with van der Waals surface area (Å²) in [6.07, 6.45) is 5.88. The summed E-state index contributed by atoms with van der Waals surface area (Å²) in [5, 5.41) is 2.28. The molecule has 1 N–H and O–H groups in total. The van der Waals surface area contributed by atoms with Gasteiger partial charge in [-0.25, -0.2) is 4.79 Å². The third-order valence-corrected chi connectivity index (χ3v) is 4.84. The Bertz CT molecular complexity index is 446. The number of hydrogen-bond acceptors (Lipinski definition) is 4. The van der Waals surface area contributed by atoms with Crippen molar-refractivity contribution in [3.05, 3.63) is 0 Å². The quantitative estimate of drug-likeness (QED) is 0.755. The van der Waals surface area contributed by atoms with E-state index < -0.39 is 28.7 Å². The predicted molar refractivity (Wildman–Crippen MR) is 74.3 cm³/mol. The fourth-order valence-corrected chi connectivity index (χ4v) is 3.51. The molecule has 0 bridgehead atoms. The van der Waals surface area contributed by atoms with Crippen LogP contribution >= 0.6 is 0 Å². The largest absolute Gasteiger partial charge is 0.330 e. The first kappa shape index (κ1) is 15.2. The van der Waals surface area contributed by atoms with Crippen LogP contribution in [0, 0.1) is 11.8 Å². The van der Waals surface area contributed by atoms with E-state index in [9.17, 15) is 18.6 Å². The molecule has 112 valence electrons. The van der Waals surface area contributed by atoms with Crippen LogP contribution in [0.15, 0.2) is 0 Å². The molecule has 2 rings (SSSR count). The summed E-state index contributed by atoms with van der Waals surface area (Å²) >= 11 is 0. The average Bonchev–Trinajstić information content (AvgIpc) is 2.86. The molecule has 1 saturated heterocycles. The van der Waals surface area contributed by atoms with E-state index in [2.05, 4.69) is 5.32 Å². The van der Waals surface area contributed by atoms with Crippen LogP contribution in [-0.4, -0.2) is 45.5 Å². The lowest BCUT2D eigenvalue weighted by Crippen LogP contribution is -2.59. The van der Waals surface area contributed by atoms with Crippen LogP contribution in [0.5, 0.6) is 0 Å². The highest BCUT2D eigenvalue weighted by Crippen LogP contribution is 2.33. The molecule has 0 aromatic rings. The molecule has 2 unspecified atom stereocenters. The normalized spacial score (nSPS) is 25.9. The van der Waals surface area contributed by atoms with Gasteiger partial charge >= 0.3 is 6.03 Å². The molecule has 1 aliphatic carbocycles. The first-order valence-corrected chi connectivity index (χ1v) is 8.69. The van der Waals surface area contributed by atoms with Crippen molar-refractivity contribution in [1.82, 2.24) is 10.2 Å². The van der Waals surface area contributed by atoms with Crippen LogP contribution in [0.1, 0.15) is 32.1 Å². The van der Waals surface area contributed by atoms with Crippen molar-refractivity contribution >= 4 is 28.6 Å². The molecule has 1 saturated carbocycles. The van der Waals surface area contributed by atoms with E-state index in [1.54, 1.807) is 6.26 Å². The van der Waals surface area contributed by atoms with Gasteiger partial charge in [0.2, 0.25) is 11.8 Å². The van der Waals surface area contributed by atoms with E-state index in [-0.39, 0.29) is 18.4 Å². The van der Waals surface area contributed by atoms with Gasteiger partial charge in [-0.3, -0.25) is 24.0 Å². The molecular weight excluding hydrogens is 280 g/mol. The zero-order chi connectivity index (χ0) is 14.7. The second-order valence-corrected chi connectivity index (χ2v) is 6.99. The van der Waals surface area contributed by atoms with E-state index >= 15 is 0 Å². The van der Waals surface area contributed by atoms with Gasteiger partial charge in [0.05, 0.1) is 0 Å². The fraction of sp³-hybridized carbons (Fsp3) is 0.769. The fourth-order valence-electron chi connectivity index (χ4n) is 2.97. The summed E-state index contributed by atoms with van der Waals surface area (Å²) in [6, 6.07) is -0.642. The van der Waals surface area contributed by atoms with Gasteiger partial charge in [0.25, 0.3) is 0 Å². The highest BCUT2D eigenvalue weighted by atomic mass is 32.2. The maximum Gasteiger partial charge on any atom is 0.330 e. The van der Waals surface area contributed by atoms with Gasteiger partial charge < -0.3 is 0 Å². The lowest BCUT2D eigenvalue weighted by molar-refractivity contribution is -0.145. The first-order valence-electron chi connectivity index (χ1n) is 6.97. The number of rotatable bonds is 5. The minimum atomic E-state index is -0.947. The zero-order valence-electron chi connectivity index (χ0n) is 11.6. The summed E-state index contributed by atoms with van der Waals surface area (Å²) in [5.41, 5.74) is 0. The Morgan fingerprint density at radius 1 is 1.25 bits per heavy atom. The number of barbiturate groups is 1. The molecule has 0 spiro atoms. The summed E-state index contributed by atoms with van der Waals surface area (Å²) in [4.78, 5) is 37.1. The van der Waals surface area contributed by atoms with E-state index in [1.807, 2.05) is 0 Å². The summed E-state index contributed by atoms with van der Waals surface area (Å²) in [5.74, 6) is -1.06. The Morgan fingerprint density at radius 2 is 1.90 bits per heavy atom. The van der Waals surface area contributed by atoms with Crippen LogP contribution in [-0.2, 0) is 20.4 Å². The summed E-state index contributed by atoms with van der Waals surface area (Å²) in [7, 11) is -0.947. The number of carbonyl (C=O) groups is 3. The number of carbonyl (C=O) groups excluding carboxylic acids is 3. The summed E-state index contributed by atoms with van der Waals surface area (Å²) < 4.78 is 11.0. The Kier molecular flexibility index (Phi) is 4.91. The molecule has 2 atom stereocenters. The van der Waals surface area contributed by atoms with Gasteiger partial charge in [0.1, 0.15) is 5.92 Å². The molecule has 2 fully saturated rings. The third kappa shape index (κ3) is 3.26. The van der Waals surface area contributed by atoms with Gasteiger partial charge in [0, 0.05) is 29.4 Å². The predicted octanol–water partition coefficient (Wildman–Crippen LogP) is 0.640. The molecular formula is C13H20N2O4S. The third-order valence-electron chi connectivity index (χ3n) is 3.97. The Labute approximate surface area is 120 Å². The molecule has 2 aliphatic rings. The maximum absolute atomic E-state index is 12.4. The average molecular weight is 300 g/mol. The number of amides is 4. The van der Waals surface area contributed by atoms with Crippen molar-refractivity contribution < 1.29 is 18.6 Å². The van der Waals surface area contributed by atoms with Crippen LogP contribution in [0.4, 0.5) is 4.79 Å². The van der Waals surface area contributed by atoms with Crippen LogP contribution in [0.2, 0.25) is 0 Å². The van der Waals surface area contributed by atoms with Crippen molar-refractivity contribution in [3.63, 3.8) is 0 Å². The van der Waals surface area contributed by atoms with E-state index in [0.29, 0.717) is 12.2 Å². The van der Waals surface area contributed by atoms with E-state index in [1.165, 1.54) is 0 Å². The van der Waals surface area contributed by atoms with E-state index in [4.69, 9.17) is 0 Å². The molecule has 0 aromatic carbocycles. The molecule has 6 nitrogen and oxygen atoms in total. The standard InChI is InChI=1S/C13H20N2O4S/c1-20(19)8-4-7-15-12(17)10(9-5-2-3-6-9)11(16)14-13(15)18/h9-10H,2-8H2,1H3,(H,14,16,18). The molecule has 0 radical (unpaired) electrons. The second-order valence-electron chi connectivity index (χ2n) is 5.44. The lowest BCUT2D eigenvalue weighted by Gasteiger charge is -2.32. The molecule has 4 amide bonds. The number of urea groups is 1. The number of nitrogens with one attached hydrogen (secondary N) is 1. The van der Waals surface area contributed by atoms with Crippen molar-refractivity contribution in [2.75, 3.05) is 18.6 Å². The summed E-state index contributed by atoms with van der Waals surface area (Å²) in [6.45, 7) is 0.223. The molecule has 7 heteroatoms. The van der Waals surface area contributed by atoms with Crippen molar-refractivity contribution in [3.8, 4) is 0 Å². The molecule has 20 heavy (non-hydrogen) atoms. The second kappa shape index (κ2) is 6.47. The van der Waals surface area contributed by atoms with Gasteiger partial charge in [-0.2, -0.15) is 0 Å². The molecule has 1 heterocycles. The van der Waals surface area contributed by atoms with Crippen molar-refractivity contribution in [2.45, 2.75) is 32.1 Å². The van der Waals surface area contributed by atoms with Crippen LogP contribution in [0.25, 0.3) is 0 Å². The maximum atomic E-state index is 12.4. The lowest BCUT2D eigenvalue weighted by atomic mass is 9.87. The minimum absolute atomic E-state index is 0.0541. The Morgan fingerprint density at radius 3 is 2.50 bits per heavy atom. The van der Waals surface area contributed by atoms with Crippen LogP contribution in [0.3, 0.4) is 0 Å². The SMILES string of the molecule is CS(=O)CCCN1C(=O)NC(=O)C(C2CCCC2)C1=O. The number of nitrogens with zero attached hydrogens (tertiary/aromatic N) is 1. The monoisotopic (exact) mass is 300 g/mol. The van der Waals surface area contributed by atoms with Crippen molar-refractivity contribution in [2.24, 2.45) is 11.8 Å². The molecule has 0 aromatic heterocycles. The molecule has 1 aliphatic heterocycles. The highest BCUT2D eigenvalue weighted by molar-refractivity contribution is 7.84. The minimum Gasteiger partial charge on any atom is -0.277 e. The highest BCUT2D eigenvalue weighted by Gasteiger charge is 2.44. The van der Waals surface area contributed by atoms with E-state index in [0.717, 1.165) is 30.6 Å². The van der Waals surface area contributed by atoms with Gasteiger partial charge in [0.15, 0.2) is 0 Å². The smallest absolute Gasteiger partial charge is 0.277 e. The van der Waals surface area contributed by atoms with Gasteiger partial charge in [-0.15, -0.1) is 0 Å². The number of hydrogen-bond donors (Lipinski definition) is 1. The Balaban J connectivity index is 2.03. The zero-order valence-corrected chi connectivity index (χ0v) is 12.4. The topological polar surface area (TPSA) is 83.6 Å². The van der Waals surface area contributed by atoms with Crippen LogP contribution < -0.4 is 5.32 Å². The first-order chi connectivity index (χ1) is 9.50. The number of imide groups is 2. The van der Waals surface area contributed by atoms with Gasteiger partial charge in [-0.1, -0.05) is 12.8 Å².